The highest BCUT2D eigenvalue weighted by molar-refractivity contribution is 7.98. The molecule has 0 aromatic heterocycles. The predicted molar refractivity (Wildman–Crippen MR) is 89.1 cm³/mol. The molecule has 0 amide bonds. The Morgan fingerprint density at radius 2 is 1.90 bits per heavy atom. The monoisotopic (exact) mass is 303 g/mol. The largest absolute Gasteiger partial charge is 0.310 e. The summed E-state index contributed by atoms with van der Waals surface area (Å²) in [6.45, 7) is 5.15. The zero-order valence-corrected chi connectivity index (χ0v) is 13.4. The Morgan fingerprint density at radius 3 is 2.57 bits per heavy atom. The molecule has 1 unspecified atom stereocenters. The van der Waals surface area contributed by atoms with E-state index >= 15 is 0 Å². The second-order valence-electron chi connectivity index (χ2n) is 5.14. The number of nitrogens with one attached hydrogen (secondary N) is 1. The normalized spacial score (nSPS) is 12.3. The van der Waals surface area contributed by atoms with Gasteiger partial charge in [0, 0.05) is 16.7 Å². The van der Waals surface area contributed by atoms with Gasteiger partial charge in [0.1, 0.15) is 5.82 Å². The Balaban J connectivity index is 1.99. The number of halogens is 1. The molecule has 2 aromatic carbocycles. The third kappa shape index (κ3) is 4.87. The molecule has 0 saturated carbocycles. The molecule has 2 aromatic rings. The van der Waals surface area contributed by atoms with Crippen LogP contribution in [0.25, 0.3) is 0 Å². The van der Waals surface area contributed by atoms with Crippen LogP contribution in [0.15, 0.2) is 53.4 Å². The van der Waals surface area contributed by atoms with Crippen LogP contribution in [0.2, 0.25) is 0 Å². The van der Waals surface area contributed by atoms with Crippen LogP contribution < -0.4 is 5.32 Å². The minimum Gasteiger partial charge on any atom is -0.310 e. The van der Waals surface area contributed by atoms with Crippen LogP contribution in [0.4, 0.5) is 4.39 Å². The maximum Gasteiger partial charge on any atom is 0.137 e. The lowest BCUT2D eigenvalue weighted by atomic mass is 10.1. The van der Waals surface area contributed by atoms with Crippen LogP contribution in [-0.2, 0) is 5.75 Å². The smallest absolute Gasteiger partial charge is 0.137 e. The van der Waals surface area contributed by atoms with Crippen LogP contribution in [-0.4, -0.2) is 6.54 Å². The highest BCUT2D eigenvalue weighted by Crippen LogP contribution is 2.27. The van der Waals surface area contributed by atoms with Crippen molar-refractivity contribution in [3.05, 3.63) is 65.5 Å². The van der Waals surface area contributed by atoms with Crippen molar-refractivity contribution in [1.29, 1.82) is 0 Å². The Morgan fingerprint density at radius 1 is 1.14 bits per heavy atom. The maximum atomic E-state index is 14.2. The Hall–Kier alpha value is -1.32. The van der Waals surface area contributed by atoms with Gasteiger partial charge in [-0.2, -0.15) is 0 Å². The summed E-state index contributed by atoms with van der Waals surface area (Å²) in [7, 11) is 0. The van der Waals surface area contributed by atoms with Gasteiger partial charge in [0.25, 0.3) is 0 Å². The lowest BCUT2D eigenvalue weighted by Crippen LogP contribution is -2.19. The Bertz CT molecular complexity index is 556. The molecule has 0 heterocycles. The molecule has 21 heavy (non-hydrogen) atoms. The molecule has 1 N–H and O–H groups in total. The summed E-state index contributed by atoms with van der Waals surface area (Å²) in [5.41, 5.74) is 2.22. The van der Waals surface area contributed by atoms with Gasteiger partial charge in [-0.25, -0.2) is 4.39 Å². The van der Waals surface area contributed by atoms with Crippen LogP contribution in [0.5, 0.6) is 0 Å². The first-order valence-electron chi connectivity index (χ1n) is 7.40. The fraction of sp³-hybridized carbons (Fsp3) is 0.333. The van der Waals surface area contributed by atoms with E-state index in [1.165, 1.54) is 5.56 Å². The molecule has 0 radical (unpaired) electrons. The molecule has 3 heteroatoms. The highest BCUT2D eigenvalue weighted by atomic mass is 32.2. The molecule has 0 aliphatic heterocycles. The van der Waals surface area contributed by atoms with Gasteiger partial charge < -0.3 is 5.32 Å². The van der Waals surface area contributed by atoms with E-state index in [0.29, 0.717) is 4.90 Å². The maximum absolute atomic E-state index is 14.2. The van der Waals surface area contributed by atoms with E-state index in [4.69, 9.17) is 0 Å². The van der Waals surface area contributed by atoms with Crippen molar-refractivity contribution in [3.63, 3.8) is 0 Å². The van der Waals surface area contributed by atoms with Crippen LogP contribution in [0, 0.1) is 5.82 Å². The summed E-state index contributed by atoms with van der Waals surface area (Å²) in [4.78, 5) is 0.713. The Labute approximate surface area is 131 Å². The first kappa shape index (κ1) is 16.1. The van der Waals surface area contributed by atoms with Crippen molar-refractivity contribution in [2.24, 2.45) is 0 Å². The van der Waals surface area contributed by atoms with Gasteiger partial charge in [-0.1, -0.05) is 43.3 Å². The van der Waals surface area contributed by atoms with Crippen LogP contribution in [0.1, 0.15) is 37.4 Å². The van der Waals surface area contributed by atoms with E-state index < -0.39 is 0 Å². The van der Waals surface area contributed by atoms with Gasteiger partial charge >= 0.3 is 0 Å². The number of hydrogen-bond acceptors (Lipinski definition) is 2. The summed E-state index contributed by atoms with van der Waals surface area (Å²) in [6.07, 6.45) is 1.08. The van der Waals surface area contributed by atoms with E-state index in [0.717, 1.165) is 24.3 Å². The molecule has 2 rings (SSSR count). The summed E-state index contributed by atoms with van der Waals surface area (Å²) in [5, 5.41) is 3.38. The van der Waals surface area contributed by atoms with Crippen molar-refractivity contribution >= 4 is 11.8 Å². The van der Waals surface area contributed by atoms with E-state index in [1.807, 2.05) is 30.3 Å². The average Bonchev–Trinajstić information content (AvgIpc) is 2.52. The minimum atomic E-state index is -0.126. The first-order chi connectivity index (χ1) is 10.2. The van der Waals surface area contributed by atoms with Crippen LogP contribution >= 0.6 is 11.8 Å². The summed E-state index contributed by atoms with van der Waals surface area (Å²) < 4.78 is 14.2. The second kappa shape index (κ2) is 8.20. The standard InChI is InChI=1S/C18H22FNS/c1-3-11-20-14(2)16-9-10-18(17(19)12-16)21-13-15-7-5-4-6-8-15/h4-10,12,14,20H,3,11,13H2,1-2H3. The zero-order valence-electron chi connectivity index (χ0n) is 12.6. The Kier molecular flexibility index (Phi) is 6.27. The van der Waals surface area contributed by atoms with E-state index in [2.05, 4.69) is 31.3 Å². The molecule has 112 valence electrons. The molecule has 0 bridgehead atoms. The van der Waals surface area contributed by atoms with Crippen LogP contribution in [0.3, 0.4) is 0 Å². The van der Waals surface area contributed by atoms with E-state index in [1.54, 1.807) is 17.8 Å². The molecular weight excluding hydrogens is 281 g/mol. The summed E-state index contributed by atoms with van der Waals surface area (Å²) in [6, 6.07) is 15.9. The second-order valence-corrected chi connectivity index (χ2v) is 6.16. The lowest BCUT2D eigenvalue weighted by Gasteiger charge is -2.14. The topological polar surface area (TPSA) is 12.0 Å². The molecule has 0 spiro atoms. The van der Waals surface area contributed by atoms with Gasteiger partial charge in [0.2, 0.25) is 0 Å². The molecule has 0 fully saturated rings. The number of rotatable bonds is 7. The van der Waals surface area contributed by atoms with Crippen molar-refractivity contribution in [2.45, 2.75) is 37.0 Å². The van der Waals surface area contributed by atoms with Gasteiger partial charge in [0.15, 0.2) is 0 Å². The average molecular weight is 303 g/mol. The van der Waals surface area contributed by atoms with Gasteiger partial charge in [-0.15, -0.1) is 11.8 Å². The molecule has 0 saturated heterocycles. The molecule has 0 aliphatic carbocycles. The summed E-state index contributed by atoms with van der Waals surface area (Å²) >= 11 is 1.54. The fourth-order valence-corrected chi connectivity index (χ4v) is 2.99. The fourth-order valence-electron chi connectivity index (χ4n) is 2.12. The molecular formula is C18H22FNS. The quantitative estimate of drug-likeness (QED) is 0.707. The van der Waals surface area contributed by atoms with Crippen molar-refractivity contribution in [3.8, 4) is 0 Å². The zero-order chi connectivity index (χ0) is 15.1. The third-order valence-electron chi connectivity index (χ3n) is 3.39. The van der Waals surface area contributed by atoms with Gasteiger partial charge in [-0.05, 0) is 43.1 Å². The molecule has 1 atom stereocenters. The molecule has 1 nitrogen and oxygen atoms in total. The van der Waals surface area contributed by atoms with Crippen molar-refractivity contribution in [2.75, 3.05) is 6.54 Å². The lowest BCUT2D eigenvalue weighted by molar-refractivity contribution is 0.556. The number of benzene rings is 2. The van der Waals surface area contributed by atoms with Gasteiger partial charge in [0.05, 0.1) is 0 Å². The first-order valence-corrected chi connectivity index (χ1v) is 8.39. The number of hydrogen-bond donors (Lipinski definition) is 1. The minimum absolute atomic E-state index is 0.126. The predicted octanol–water partition coefficient (Wildman–Crippen LogP) is 5.18. The SMILES string of the molecule is CCCNC(C)c1ccc(SCc2ccccc2)c(F)c1. The van der Waals surface area contributed by atoms with E-state index in [-0.39, 0.29) is 11.9 Å². The third-order valence-corrected chi connectivity index (χ3v) is 4.51. The highest BCUT2D eigenvalue weighted by Gasteiger charge is 2.09. The van der Waals surface area contributed by atoms with Gasteiger partial charge in [-0.3, -0.25) is 0 Å². The van der Waals surface area contributed by atoms with Crippen molar-refractivity contribution in [1.82, 2.24) is 5.32 Å². The van der Waals surface area contributed by atoms with E-state index in [9.17, 15) is 4.39 Å². The summed E-state index contributed by atoms with van der Waals surface area (Å²) in [5.74, 6) is 0.666. The van der Waals surface area contributed by atoms with Crippen molar-refractivity contribution < 1.29 is 4.39 Å². The molecule has 0 aliphatic rings. The number of thioether (sulfide) groups is 1.